The Bertz CT molecular complexity index is 1910. The molecule has 1 heteroatoms. The molecule has 0 amide bonds. The number of benzene rings is 7. The molecule has 0 aliphatic carbocycles. The van der Waals surface area contributed by atoms with Gasteiger partial charge in [0.1, 0.15) is 0 Å². The molecule has 0 bridgehead atoms. The van der Waals surface area contributed by atoms with Crippen LogP contribution in [0.25, 0.3) is 65.3 Å². The highest BCUT2D eigenvalue weighted by Crippen LogP contribution is 2.39. The van der Waals surface area contributed by atoms with Gasteiger partial charge in [0, 0.05) is 10.6 Å². The maximum Gasteiger partial charge on any atom is 0.0484 e. The first-order valence-electron chi connectivity index (χ1n) is 11.9. The van der Waals surface area contributed by atoms with Gasteiger partial charge in [-0.3, -0.25) is 0 Å². The van der Waals surface area contributed by atoms with E-state index in [4.69, 9.17) is 11.6 Å². The Morgan fingerprint density at radius 2 is 0.886 bits per heavy atom. The molecule has 0 saturated heterocycles. The van der Waals surface area contributed by atoms with Crippen molar-refractivity contribution in [3.63, 3.8) is 0 Å². The Morgan fingerprint density at radius 1 is 0.343 bits per heavy atom. The average molecular weight is 465 g/mol. The minimum Gasteiger partial charge on any atom is -0.0837 e. The van der Waals surface area contributed by atoms with E-state index in [2.05, 4.69) is 121 Å². The van der Waals surface area contributed by atoms with Crippen LogP contribution in [0.4, 0.5) is 0 Å². The molecule has 0 saturated carbocycles. The number of rotatable bonds is 2. The first-order valence-corrected chi connectivity index (χ1v) is 12.3. The molecule has 7 aromatic rings. The van der Waals surface area contributed by atoms with Gasteiger partial charge in [-0.05, 0) is 84.0 Å². The van der Waals surface area contributed by atoms with Crippen LogP contribution in [-0.4, -0.2) is 0 Å². The van der Waals surface area contributed by atoms with Gasteiger partial charge in [-0.2, -0.15) is 0 Å². The van der Waals surface area contributed by atoms with Crippen molar-refractivity contribution < 1.29 is 0 Å². The summed E-state index contributed by atoms with van der Waals surface area (Å²) in [4.78, 5) is 0. The second-order valence-electron chi connectivity index (χ2n) is 9.11. The predicted octanol–water partition coefficient (Wildman–Crippen LogP) is 10.3. The zero-order valence-electron chi connectivity index (χ0n) is 19.0. The van der Waals surface area contributed by atoms with Crippen LogP contribution in [0.15, 0.2) is 127 Å². The van der Waals surface area contributed by atoms with Gasteiger partial charge in [0.25, 0.3) is 0 Å². The first-order chi connectivity index (χ1) is 17.3. The fourth-order valence-electron chi connectivity index (χ4n) is 5.39. The Morgan fingerprint density at radius 3 is 1.71 bits per heavy atom. The number of halogens is 1. The van der Waals surface area contributed by atoms with Crippen LogP contribution in [0.5, 0.6) is 0 Å². The lowest BCUT2D eigenvalue weighted by Crippen LogP contribution is -1.87. The zero-order valence-corrected chi connectivity index (χ0v) is 19.8. The van der Waals surface area contributed by atoms with E-state index in [0.717, 1.165) is 16.1 Å². The van der Waals surface area contributed by atoms with E-state index >= 15 is 0 Å². The highest BCUT2D eigenvalue weighted by Gasteiger charge is 2.12. The van der Waals surface area contributed by atoms with E-state index in [9.17, 15) is 0 Å². The second kappa shape index (κ2) is 7.98. The largest absolute Gasteiger partial charge is 0.0837 e. The van der Waals surface area contributed by atoms with Crippen LogP contribution in [0, 0.1) is 0 Å². The molecular weight excluding hydrogens is 444 g/mol. The number of hydrogen-bond donors (Lipinski definition) is 0. The zero-order chi connectivity index (χ0) is 23.4. The molecule has 0 nitrogen and oxygen atoms in total. The molecule has 0 N–H and O–H groups in total. The normalized spacial score (nSPS) is 11.6. The van der Waals surface area contributed by atoms with Crippen molar-refractivity contribution in [2.75, 3.05) is 0 Å². The summed E-state index contributed by atoms with van der Waals surface area (Å²) in [6, 6.07) is 45.6. The highest BCUT2D eigenvalue weighted by atomic mass is 35.5. The minimum absolute atomic E-state index is 0.763. The summed E-state index contributed by atoms with van der Waals surface area (Å²) in [5.41, 5.74) is 4.58. The monoisotopic (exact) mass is 464 g/mol. The fourth-order valence-corrected chi connectivity index (χ4v) is 5.61. The molecule has 0 aromatic heterocycles. The molecule has 7 rings (SSSR count). The molecule has 0 unspecified atom stereocenters. The fraction of sp³-hybridized carbons (Fsp3) is 0. The number of hydrogen-bond acceptors (Lipinski definition) is 0. The molecule has 164 valence electrons. The Labute approximate surface area is 209 Å². The molecule has 0 heterocycles. The topological polar surface area (TPSA) is 0 Å². The van der Waals surface area contributed by atoms with E-state index in [0.29, 0.717) is 0 Å². The molecule has 0 atom stereocenters. The van der Waals surface area contributed by atoms with E-state index in [1.807, 2.05) is 6.07 Å². The summed E-state index contributed by atoms with van der Waals surface area (Å²) < 4.78 is 0. The van der Waals surface area contributed by atoms with Crippen LogP contribution < -0.4 is 0 Å². The van der Waals surface area contributed by atoms with Gasteiger partial charge in [-0.25, -0.2) is 0 Å². The number of fused-ring (bicyclic) bond motifs is 6. The smallest absolute Gasteiger partial charge is 0.0484 e. The predicted molar refractivity (Wildman–Crippen MR) is 152 cm³/mol. The van der Waals surface area contributed by atoms with Crippen LogP contribution in [0.1, 0.15) is 0 Å². The van der Waals surface area contributed by atoms with Crippen molar-refractivity contribution in [2.45, 2.75) is 0 Å². The van der Waals surface area contributed by atoms with Gasteiger partial charge in [0.2, 0.25) is 0 Å². The van der Waals surface area contributed by atoms with Gasteiger partial charge < -0.3 is 0 Å². The van der Waals surface area contributed by atoms with Crippen molar-refractivity contribution in [3.8, 4) is 22.3 Å². The van der Waals surface area contributed by atoms with Gasteiger partial charge in [0.15, 0.2) is 0 Å². The van der Waals surface area contributed by atoms with Gasteiger partial charge in [-0.15, -0.1) is 0 Å². The van der Waals surface area contributed by atoms with Crippen molar-refractivity contribution in [1.29, 1.82) is 0 Å². The summed E-state index contributed by atoms with van der Waals surface area (Å²) in [6.45, 7) is 0. The van der Waals surface area contributed by atoms with E-state index < -0.39 is 0 Å². The third kappa shape index (κ3) is 3.30. The summed E-state index contributed by atoms with van der Waals surface area (Å²) in [7, 11) is 0. The summed E-state index contributed by atoms with van der Waals surface area (Å²) in [6.07, 6.45) is 0. The lowest BCUT2D eigenvalue weighted by molar-refractivity contribution is 1.63. The third-order valence-electron chi connectivity index (χ3n) is 7.10. The van der Waals surface area contributed by atoms with Crippen LogP contribution in [0.2, 0.25) is 5.02 Å². The highest BCUT2D eigenvalue weighted by molar-refractivity contribution is 6.33. The van der Waals surface area contributed by atoms with E-state index in [1.165, 1.54) is 54.2 Å². The van der Waals surface area contributed by atoms with Crippen molar-refractivity contribution >= 4 is 54.7 Å². The Hall–Kier alpha value is -4.13. The molecule has 0 fully saturated rings. The minimum atomic E-state index is 0.763. The van der Waals surface area contributed by atoms with Gasteiger partial charge in [0.05, 0.1) is 0 Å². The maximum atomic E-state index is 6.78. The molecule has 35 heavy (non-hydrogen) atoms. The molecule has 7 aromatic carbocycles. The SMILES string of the molecule is Clc1ccc(-c2cc3ccccc3c3ccccc23)cc1-c1ccc2c(ccc3ccccc32)c1. The summed E-state index contributed by atoms with van der Waals surface area (Å²) >= 11 is 6.78. The van der Waals surface area contributed by atoms with Crippen LogP contribution >= 0.6 is 11.6 Å². The first kappa shape index (κ1) is 20.3. The summed E-state index contributed by atoms with van der Waals surface area (Å²) in [5.74, 6) is 0. The molecule has 0 aliphatic heterocycles. The van der Waals surface area contributed by atoms with Gasteiger partial charge >= 0.3 is 0 Å². The van der Waals surface area contributed by atoms with Gasteiger partial charge in [-0.1, -0.05) is 115 Å². The Kier molecular flexibility index (Phi) is 4.62. The summed E-state index contributed by atoms with van der Waals surface area (Å²) in [5, 5.41) is 10.8. The van der Waals surface area contributed by atoms with Crippen molar-refractivity contribution in [2.24, 2.45) is 0 Å². The average Bonchev–Trinajstić information content (AvgIpc) is 2.92. The lowest BCUT2D eigenvalue weighted by Gasteiger charge is -2.14. The van der Waals surface area contributed by atoms with E-state index in [-0.39, 0.29) is 0 Å². The van der Waals surface area contributed by atoms with Crippen molar-refractivity contribution in [1.82, 2.24) is 0 Å². The maximum absolute atomic E-state index is 6.78. The molecule has 0 aliphatic rings. The van der Waals surface area contributed by atoms with E-state index in [1.54, 1.807) is 0 Å². The second-order valence-corrected chi connectivity index (χ2v) is 9.52. The molecule has 0 radical (unpaired) electrons. The van der Waals surface area contributed by atoms with Crippen LogP contribution in [0.3, 0.4) is 0 Å². The standard InChI is InChI=1S/C34H21Cl/c35-34-18-16-26(32-20-23-8-2-4-10-28(23)30-11-5-6-12-31(30)32)21-33(34)25-15-17-29-24(19-25)14-13-22-7-1-3-9-27(22)29/h1-21H. The van der Waals surface area contributed by atoms with Crippen molar-refractivity contribution in [3.05, 3.63) is 132 Å². The third-order valence-corrected chi connectivity index (χ3v) is 7.43. The molecular formula is C34H21Cl. The van der Waals surface area contributed by atoms with Crippen LogP contribution in [-0.2, 0) is 0 Å². The Balaban J connectivity index is 1.44. The quantitative estimate of drug-likeness (QED) is 0.223. The lowest BCUT2D eigenvalue weighted by atomic mass is 9.91. The molecule has 0 spiro atoms.